The molecule has 0 radical (unpaired) electrons. The summed E-state index contributed by atoms with van der Waals surface area (Å²) in [5, 5.41) is 0. The summed E-state index contributed by atoms with van der Waals surface area (Å²) < 4.78 is 5.85. The molecule has 138 valence electrons. The second-order valence-electron chi connectivity index (χ2n) is 7.11. The lowest BCUT2D eigenvalue weighted by molar-refractivity contribution is -0.138. The van der Waals surface area contributed by atoms with Crippen LogP contribution in [-0.2, 0) is 4.79 Å². The minimum atomic E-state index is -0.468. The molecule has 0 N–H and O–H groups in total. The number of carbonyl (C=O) groups excluding carboxylic acids is 1. The summed E-state index contributed by atoms with van der Waals surface area (Å²) >= 11 is 0. The highest BCUT2D eigenvalue weighted by atomic mass is 16.5. The van der Waals surface area contributed by atoms with Gasteiger partial charge in [-0.3, -0.25) is 4.79 Å². The Morgan fingerprint density at radius 2 is 1.69 bits per heavy atom. The Morgan fingerprint density at radius 3 is 2.38 bits per heavy atom. The van der Waals surface area contributed by atoms with Gasteiger partial charge in [0.1, 0.15) is 5.75 Å². The van der Waals surface area contributed by atoms with E-state index in [0.29, 0.717) is 0 Å². The van der Waals surface area contributed by atoms with E-state index in [0.717, 1.165) is 37.5 Å². The first-order valence-corrected chi connectivity index (χ1v) is 9.29. The Balaban J connectivity index is 1.58. The van der Waals surface area contributed by atoms with E-state index in [1.807, 2.05) is 43.0 Å². The standard InChI is InChI=1S/C22H28N2O2/c1-16-7-5-9-20(15-16)26-19(4)22(25)24-13-11-23(12-14-24)21-10-6-8-17(2)18(21)3/h5-10,15,19H,11-14H2,1-4H3/t19-/m1/s1. The summed E-state index contributed by atoms with van der Waals surface area (Å²) in [6, 6.07) is 14.2. The van der Waals surface area contributed by atoms with Crippen LogP contribution in [0.25, 0.3) is 0 Å². The molecule has 1 aliphatic rings. The van der Waals surface area contributed by atoms with Crippen LogP contribution in [0.3, 0.4) is 0 Å². The second kappa shape index (κ2) is 7.81. The van der Waals surface area contributed by atoms with Crippen LogP contribution in [0.15, 0.2) is 42.5 Å². The van der Waals surface area contributed by atoms with E-state index in [4.69, 9.17) is 4.74 Å². The van der Waals surface area contributed by atoms with Crippen molar-refractivity contribution in [2.75, 3.05) is 31.1 Å². The lowest BCUT2D eigenvalue weighted by Gasteiger charge is -2.38. The summed E-state index contributed by atoms with van der Waals surface area (Å²) in [5.74, 6) is 0.812. The fraction of sp³-hybridized carbons (Fsp3) is 0.409. The number of carbonyl (C=O) groups is 1. The van der Waals surface area contributed by atoms with Gasteiger partial charge < -0.3 is 14.5 Å². The zero-order valence-electron chi connectivity index (χ0n) is 16.2. The van der Waals surface area contributed by atoms with Gasteiger partial charge in [0.2, 0.25) is 0 Å². The van der Waals surface area contributed by atoms with Gasteiger partial charge in [-0.25, -0.2) is 0 Å². The van der Waals surface area contributed by atoms with Crippen molar-refractivity contribution < 1.29 is 9.53 Å². The van der Waals surface area contributed by atoms with Gasteiger partial charge in [0, 0.05) is 31.9 Å². The number of benzene rings is 2. The second-order valence-corrected chi connectivity index (χ2v) is 7.11. The van der Waals surface area contributed by atoms with E-state index in [9.17, 15) is 4.79 Å². The van der Waals surface area contributed by atoms with Crippen LogP contribution in [0.5, 0.6) is 5.75 Å². The number of rotatable bonds is 4. The van der Waals surface area contributed by atoms with Crippen molar-refractivity contribution in [1.29, 1.82) is 0 Å². The van der Waals surface area contributed by atoms with Gasteiger partial charge >= 0.3 is 0 Å². The molecule has 0 aromatic heterocycles. The first-order valence-electron chi connectivity index (χ1n) is 9.29. The molecule has 1 heterocycles. The van der Waals surface area contributed by atoms with Crippen molar-refractivity contribution in [2.45, 2.75) is 33.8 Å². The molecule has 1 aliphatic heterocycles. The van der Waals surface area contributed by atoms with Crippen LogP contribution >= 0.6 is 0 Å². The number of hydrogen-bond acceptors (Lipinski definition) is 3. The molecule has 3 rings (SSSR count). The molecule has 1 atom stereocenters. The first kappa shape index (κ1) is 18.3. The Labute approximate surface area is 156 Å². The number of piperazine rings is 1. The highest BCUT2D eigenvalue weighted by molar-refractivity contribution is 5.81. The number of nitrogens with zero attached hydrogens (tertiary/aromatic N) is 2. The summed E-state index contributed by atoms with van der Waals surface area (Å²) in [6.07, 6.45) is -0.468. The van der Waals surface area contributed by atoms with Crippen LogP contribution in [-0.4, -0.2) is 43.1 Å². The summed E-state index contributed by atoms with van der Waals surface area (Å²) in [6.45, 7) is 11.3. The summed E-state index contributed by atoms with van der Waals surface area (Å²) in [5.41, 5.74) is 5.04. The van der Waals surface area contributed by atoms with Crippen molar-refractivity contribution in [2.24, 2.45) is 0 Å². The Kier molecular flexibility index (Phi) is 5.50. The lowest BCUT2D eigenvalue weighted by atomic mass is 10.1. The van der Waals surface area contributed by atoms with E-state index >= 15 is 0 Å². The number of amides is 1. The van der Waals surface area contributed by atoms with Crippen molar-refractivity contribution in [3.8, 4) is 5.75 Å². The van der Waals surface area contributed by atoms with E-state index in [2.05, 4.69) is 36.9 Å². The van der Waals surface area contributed by atoms with Gasteiger partial charge in [-0.1, -0.05) is 24.3 Å². The van der Waals surface area contributed by atoms with Crippen molar-refractivity contribution >= 4 is 11.6 Å². The lowest BCUT2D eigenvalue weighted by Crippen LogP contribution is -2.52. The number of aryl methyl sites for hydroxylation is 2. The highest BCUT2D eigenvalue weighted by Gasteiger charge is 2.26. The Hall–Kier alpha value is -2.49. The third-order valence-electron chi connectivity index (χ3n) is 5.16. The van der Waals surface area contributed by atoms with E-state index in [-0.39, 0.29) is 5.91 Å². The first-order chi connectivity index (χ1) is 12.5. The predicted molar refractivity (Wildman–Crippen MR) is 106 cm³/mol. The van der Waals surface area contributed by atoms with Crippen LogP contribution in [0, 0.1) is 20.8 Å². The molecule has 0 aliphatic carbocycles. The van der Waals surface area contributed by atoms with Gasteiger partial charge in [-0.2, -0.15) is 0 Å². The quantitative estimate of drug-likeness (QED) is 0.841. The van der Waals surface area contributed by atoms with Gasteiger partial charge in [0.15, 0.2) is 6.10 Å². The molecule has 4 heteroatoms. The van der Waals surface area contributed by atoms with Crippen LogP contribution in [0.4, 0.5) is 5.69 Å². The third-order valence-corrected chi connectivity index (χ3v) is 5.16. The van der Waals surface area contributed by atoms with E-state index in [1.165, 1.54) is 16.8 Å². The topological polar surface area (TPSA) is 32.8 Å². The molecular weight excluding hydrogens is 324 g/mol. The monoisotopic (exact) mass is 352 g/mol. The molecule has 2 aromatic rings. The zero-order chi connectivity index (χ0) is 18.7. The summed E-state index contributed by atoms with van der Waals surface area (Å²) in [7, 11) is 0. The smallest absolute Gasteiger partial charge is 0.263 e. The molecule has 0 bridgehead atoms. The molecule has 0 saturated carbocycles. The Morgan fingerprint density at radius 1 is 1.00 bits per heavy atom. The number of hydrogen-bond donors (Lipinski definition) is 0. The largest absolute Gasteiger partial charge is 0.481 e. The van der Waals surface area contributed by atoms with Crippen molar-refractivity contribution in [3.63, 3.8) is 0 Å². The highest BCUT2D eigenvalue weighted by Crippen LogP contribution is 2.24. The predicted octanol–water partition coefficient (Wildman–Crippen LogP) is 3.73. The van der Waals surface area contributed by atoms with Gasteiger partial charge in [0.25, 0.3) is 5.91 Å². The molecule has 2 aromatic carbocycles. The molecule has 0 spiro atoms. The normalized spacial score (nSPS) is 15.7. The zero-order valence-corrected chi connectivity index (χ0v) is 16.2. The average Bonchev–Trinajstić information content (AvgIpc) is 2.63. The van der Waals surface area contributed by atoms with E-state index < -0.39 is 6.10 Å². The maximum absolute atomic E-state index is 12.7. The average molecular weight is 352 g/mol. The maximum Gasteiger partial charge on any atom is 0.263 e. The molecule has 1 fully saturated rings. The maximum atomic E-state index is 12.7. The van der Waals surface area contributed by atoms with Crippen molar-refractivity contribution in [3.05, 3.63) is 59.2 Å². The van der Waals surface area contributed by atoms with Gasteiger partial charge in [0.05, 0.1) is 0 Å². The molecule has 26 heavy (non-hydrogen) atoms. The van der Waals surface area contributed by atoms with Crippen molar-refractivity contribution in [1.82, 2.24) is 4.90 Å². The minimum absolute atomic E-state index is 0.0621. The van der Waals surface area contributed by atoms with Crippen LogP contribution in [0.1, 0.15) is 23.6 Å². The fourth-order valence-electron chi connectivity index (χ4n) is 3.45. The SMILES string of the molecule is Cc1cccc(O[C@H](C)C(=O)N2CCN(c3cccc(C)c3C)CC2)c1. The number of ether oxygens (including phenoxy) is 1. The minimum Gasteiger partial charge on any atom is -0.481 e. The fourth-order valence-corrected chi connectivity index (χ4v) is 3.45. The summed E-state index contributed by atoms with van der Waals surface area (Å²) in [4.78, 5) is 17.0. The van der Waals surface area contributed by atoms with Gasteiger partial charge in [-0.15, -0.1) is 0 Å². The van der Waals surface area contributed by atoms with Gasteiger partial charge in [-0.05, 0) is 62.6 Å². The third kappa shape index (κ3) is 4.01. The molecule has 1 saturated heterocycles. The molecule has 0 unspecified atom stereocenters. The molecular formula is C22H28N2O2. The van der Waals surface area contributed by atoms with Crippen LogP contribution in [0.2, 0.25) is 0 Å². The number of anilines is 1. The molecule has 4 nitrogen and oxygen atoms in total. The van der Waals surface area contributed by atoms with Crippen LogP contribution < -0.4 is 9.64 Å². The Bertz CT molecular complexity index is 779. The molecule has 1 amide bonds. The van der Waals surface area contributed by atoms with E-state index in [1.54, 1.807) is 0 Å².